The van der Waals surface area contributed by atoms with Crippen LogP contribution in [0.5, 0.6) is 0 Å². The topological polar surface area (TPSA) is 58.6 Å². The van der Waals surface area contributed by atoms with Crippen LogP contribution >= 0.6 is 0 Å². The van der Waals surface area contributed by atoms with Gasteiger partial charge in [0.15, 0.2) is 0 Å². The fourth-order valence-corrected chi connectivity index (χ4v) is 2.63. The highest BCUT2D eigenvalue weighted by atomic mass is 16.5. The van der Waals surface area contributed by atoms with E-state index in [0.717, 1.165) is 25.8 Å². The SMILES string of the molecule is COC(=O)[C@@H]1CC[C@@H]2CCNCCC(=O)N21. The molecule has 2 rings (SSSR count). The number of hydrogen-bond acceptors (Lipinski definition) is 4. The van der Waals surface area contributed by atoms with E-state index in [2.05, 4.69) is 5.32 Å². The molecule has 0 aliphatic carbocycles. The Morgan fingerprint density at radius 3 is 2.94 bits per heavy atom. The zero-order valence-electron chi connectivity index (χ0n) is 9.57. The third-order valence-electron chi connectivity index (χ3n) is 3.43. The average molecular weight is 226 g/mol. The predicted molar refractivity (Wildman–Crippen MR) is 57.8 cm³/mol. The molecule has 1 N–H and O–H groups in total. The van der Waals surface area contributed by atoms with Gasteiger partial charge in [0.1, 0.15) is 6.04 Å². The first-order valence-corrected chi connectivity index (χ1v) is 5.83. The molecule has 0 aromatic carbocycles. The number of esters is 1. The molecule has 90 valence electrons. The second-order valence-corrected chi connectivity index (χ2v) is 4.36. The molecule has 1 amide bonds. The number of fused-ring (bicyclic) bond motifs is 1. The minimum absolute atomic E-state index is 0.0742. The summed E-state index contributed by atoms with van der Waals surface area (Å²) in [7, 11) is 1.38. The first-order valence-electron chi connectivity index (χ1n) is 5.83. The maximum Gasteiger partial charge on any atom is 0.328 e. The van der Waals surface area contributed by atoms with Gasteiger partial charge in [0.2, 0.25) is 5.91 Å². The molecule has 0 saturated carbocycles. The van der Waals surface area contributed by atoms with Crippen molar-refractivity contribution in [2.45, 2.75) is 37.8 Å². The van der Waals surface area contributed by atoms with Crippen molar-refractivity contribution in [3.63, 3.8) is 0 Å². The largest absolute Gasteiger partial charge is 0.467 e. The number of methoxy groups -OCH3 is 1. The summed E-state index contributed by atoms with van der Waals surface area (Å²) in [5.74, 6) is -0.200. The summed E-state index contributed by atoms with van der Waals surface area (Å²) >= 11 is 0. The van der Waals surface area contributed by atoms with Crippen molar-refractivity contribution in [1.82, 2.24) is 10.2 Å². The van der Waals surface area contributed by atoms with Crippen molar-refractivity contribution in [2.24, 2.45) is 0 Å². The van der Waals surface area contributed by atoms with Gasteiger partial charge in [0.05, 0.1) is 7.11 Å². The molecule has 5 nitrogen and oxygen atoms in total. The number of carbonyl (C=O) groups is 2. The quantitative estimate of drug-likeness (QED) is 0.634. The molecule has 2 aliphatic heterocycles. The van der Waals surface area contributed by atoms with E-state index in [9.17, 15) is 9.59 Å². The van der Waals surface area contributed by atoms with Crippen LogP contribution in [0.1, 0.15) is 25.7 Å². The van der Waals surface area contributed by atoms with Gasteiger partial charge in [0.25, 0.3) is 0 Å². The Hall–Kier alpha value is -1.10. The molecule has 0 unspecified atom stereocenters. The number of ether oxygens (including phenoxy) is 1. The third kappa shape index (κ3) is 2.04. The van der Waals surface area contributed by atoms with E-state index >= 15 is 0 Å². The summed E-state index contributed by atoms with van der Waals surface area (Å²) in [6.07, 6.45) is 3.06. The van der Waals surface area contributed by atoms with Crippen molar-refractivity contribution in [3.05, 3.63) is 0 Å². The zero-order valence-corrected chi connectivity index (χ0v) is 9.57. The first kappa shape index (κ1) is 11.4. The highest BCUT2D eigenvalue weighted by Gasteiger charge is 2.41. The molecule has 2 heterocycles. The smallest absolute Gasteiger partial charge is 0.328 e. The minimum atomic E-state index is -0.347. The van der Waals surface area contributed by atoms with Gasteiger partial charge in [-0.3, -0.25) is 4.79 Å². The van der Waals surface area contributed by atoms with E-state index in [1.165, 1.54) is 7.11 Å². The van der Waals surface area contributed by atoms with Crippen LogP contribution in [0.3, 0.4) is 0 Å². The maximum absolute atomic E-state index is 12.0. The Morgan fingerprint density at radius 1 is 1.38 bits per heavy atom. The Labute approximate surface area is 95.1 Å². The van der Waals surface area contributed by atoms with Crippen LogP contribution in [0.2, 0.25) is 0 Å². The van der Waals surface area contributed by atoms with Crippen molar-refractivity contribution >= 4 is 11.9 Å². The molecule has 0 aromatic rings. The Bertz CT molecular complexity index is 293. The van der Waals surface area contributed by atoms with Gasteiger partial charge in [0, 0.05) is 19.0 Å². The van der Waals surface area contributed by atoms with Gasteiger partial charge < -0.3 is 15.0 Å². The number of hydrogen-bond donors (Lipinski definition) is 1. The molecule has 2 atom stereocenters. The Morgan fingerprint density at radius 2 is 2.19 bits per heavy atom. The summed E-state index contributed by atoms with van der Waals surface area (Å²) in [5.41, 5.74) is 0. The molecule has 2 saturated heterocycles. The van der Waals surface area contributed by atoms with Crippen molar-refractivity contribution in [2.75, 3.05) is 20.2 Å². The Balaban J connectivity index is 2.13. The summed E-state index contributed by atoms with van der Waals surface area (Å²) in [5, 5.41) is 3.22. The summed E-state index contributed by atoms with van der Waals surface area (Å²) in [4.78, 5) is 25.3. The average Bonchev–Trinajstić information content (AvgIpc) is 2.68. The maximum atomic E-state index is 12.0. The Kier molecular flexibility index (Phi) is 3.43. The monoisotopic (exact) mass is 226 g/mol. The molecule has 16 heavy (non-hydrogen) atoms. The van der Waals surface area contributed by atoms with Gasteiger partial charge in [-0.2, -0.15) is 0 Å². The summed E-state index contributed by atoms with van der Waals surface area (Å²) in [6, 6.07) is -0.134. The summed E-state index contributed by atoms with van der Waals surface area (Å²) < 4.78 is 4.76. The highest BCUT2D eigenvalue weighted by molar-refractivity contribution is 5.85. The van der Waals surface area contributed by atoms with E-state index in [1.807, 2.05) is 0 Å². The summed E-state index contributed by atoms with van der Waals surface area (Å²) in [6.45, 7) is 1.62. The molecule has 0 radical (unpaired) electrons. The van der Waals surface area contributed by atoms with Gasteiger partial charge in [-0.25, -0.2) is 4.79 Å². The fraction of sp³-hybridized carbons (Fsp3) is 0.818. The third-order valence-corrected chi connectivity index (χ3v) is 3.43. The van der Waals surface area contributed by atoms with Crippen molar-refractivity contribution in [1.29, 1.82) is 0 Å². The molecule has 0 spiro atoms. The zero-order chi connectivity index (χ0) is 11.5. The molecule has 5 heteroatoms. The predicted octanol–water partition coefficient (Wildman–Crippen LogP) is -0.0976. The second-order valence-electron chi connectivity index (χ2n) is 4.36. The molecule has 0 bridgehead atoms. The van der Waals surface area contributed by atoms with E-state index < -0.39 is 0 Å². The van der Waals surface area contributed by atoms with Gasteiger partial charge in [-0.05, 0) is 25.8 Å². The first-order chi connectivity index (χ1) is 7.74. The number of rotatable bonds is 1. The highest BCUT2D eigenvalue weighted by Crippen LogP contribution is 2.28. The molecular formula is C11H18N2O3. The van der Waals surface area contributed by atoms with Crippen LogP contribution in [0, 0.1) is 0 Å². The van der Waals surface area contributed by atoms with Gasteiger partial charge in [-0.15, -0.1) is 0 Å². The lowest BCUT2D eigenvalue weighted by Crippen LogP contribution is -2.48. The number of nitrogens with one attached hydrogen (secondary N) is 1. The number of carbonyl (C=O) groups excluding carboxylic acids is 2. The number of amides is 1. The fourth-order valence-electron chi connectivity index (χ4n) is 2.63. The van der Waals surface area contributed by atoms with Crippen molar-refractivity contribution < 1.29 is 14.3 Å². The lowest BCUT2D eigenvalue weighted by Gasteiger charge is -2.31. The minimum Gasteiger partial charge on any atom is -0.467 e. The van der Waals surface area contributed by atoms with Crippen LogP contribution in [0.25, 0.3) is 0 Å². The lowest BCUT2D eigenvalue weighted by molar-refractivity contribution is -0.152. The molecular weight excluding hydrogens is 208 g/mol. The van der Waals surface area contributed by atoms with Crippen LogP contribution in [-0.4, -0.2) is 49.1 Å². The van der Waals surface area contributed by atoms with E-state index in [1.54, 1.807) is 4.90 Å². The standard InChI is InChI=1S/C11H18N2O3/c1-16-11(15)9-3-2-8-4-6-12-7-5-10(14)13(8)9/h8-9,12H,2-7H2,1H3/t8-,9+/m1/s1. The number of nitrogens with zero attached hydrogens (tertiary/aromatic N) is 1. The van der Waals surface area contributed by atoms with E-state index in [4.69, 9.17) is 4.74 Å². The van der Waals surface area contributed by atoms with Crippen LogP contribution in [-0.2, 0) is 14.3 Å². The van der Waals surface area contributed by atoms with Crippen LogP contribution < -0.4 is 5.32 Å². The van der Waals surface area contributed by atoms with Crippen LogP contribution in [0.15, 0.2) is 0 Å². The normalized spacial score (nSPS) is 30.6. The molecule has 0 aromatic heterocycles. The van der Waals surface area contributed by atoms with E-state index in [-0.39, 0.29) is 24.0 Å². The van der Waals surface area contributed by atoms with Gasteiger partial charge in [-0.1, -0.05) is 0 Å². The molecule has 2 aliphatic rings. The second kappa shape index (κ2) is 4.82. The van der Waals surface area contributed by atoms with Crippen LogP contribution in [0.4, 0.5) is 0 Å². The van der Waals surface area contributed by atoms with E-state index in [0.29, 0.717) is 13.0 Å². The lowest BCUT2D eigenvalue weighted by atomic mass is 10.1. The molecule has 2 fully saturated rings. The van der Waals surface area contributed by atoms with Crippen molar-refractivity contribution in [3.8, 4) is 0 Å². The van der Waals surface area contributed by atoms with Gasteiger partial charge >= 0.3 is 5.97 Å².